The number of ether oxygens (including phenoxy) is 6. The van der Waals surface area contributed by atoms with Crippen molar-refractivity contribution in [1.29, 1.82) is 0 Å². The number of esters is 4. The van der Waals surface area contributed by atoms with Crippen LogP contribution in [0.1, 0.15) is 105 Å². The summed E-state index contributed by atoms with van der Waals surface area (Å²) >= 11 is 0. The van der Waals surface area contributed by atoms with E-state index in [4.69, 9.17) is 28.4 Å². The molecule has 5 rings (SSSR count). The Kier molecular flexibility index (Phi) is 14.7. The van der Waals surface area contributed by atoms with Crippen LogP contribution in [-0.4, -0.2) is 97.5 Å². The van der Waals surface area contributed by atoms with Gasteiger partial charge >= 0.3 is 23.9 Å². The quantitative estimate of drug-likeness (QED) is 0.0845. The molecule has 5 atom stereocenters. The van der Waals surface area contributed by atoms with Crippen molar-refractivity contribution in [2.75, 3.05) is 28.3 Å². The van der Waals surface area contributed by atoms with Crippen LogP contribution < -0.4 is 18.9 Å². The number of carbonyl (C=O) groups is 4. The summed E-state index contributed by atoms with van der Waals surface area (Å²) in [7, 11) is 7.81. The molecule has 2 saturated heterocycles. The number of carbonyl (C=O) groups excluding carboxylic acids is 4. The number of rotatable bonds is 15. The molecule has 0 saturated carbocycles. The summed E-state index contributed by atoms with van der Waals surface area (Å²) in [4.78, 5) is 50.2. The van der Waals surface area contributed by atoms with Crippen molar-refractivity contribution in [2.24, 2.45) is 5.92 Å². The van der Waals surface area contributed by atoms with Crippen LogP contribution in [0.2, 0.25) is 0 Å². The number of hydrogen-bond donors (Lipinski definition) is 0. The molecule has 5 unspecified atom stereocenters. The van der Waals surface area contributed by atoms with Crippen molar-refractivity contribution in [3.8, 4) is 23.0 Å². The Bertz CT molecular complexity index is 1970. The van der Waals surface area contributed by atoms with Gasteiger partial charge in [0, 0.05) is 63.3 Å². The second-order valence-corrected chi connectivity index (χ2v) is 17.7. The lowest BCUT2D eigenvalue weighted by Crippen LogP contribution is -2.61. The summed E-state index contributed by atoms with van der Waals surface area (Å²) in [6.45, 7) is 14.9. The average molecular weight is 819 g/mol. The highest BCUT2D eigenvalue weighted by Crippen LogP contribution is 2.40. The van der Waals surface area contributed by atoms with E-state index in [1.54, 1.807) is 26.4 Å². The van der Waals surface area contributed by atoms with Gasteiger partial charge in [-0.15, -0.1) is 0 Å². The van der Waals surface area contributed by atoms with Gasteiger partial charge in [-0.2, -0.15) is 0 Å². The third kappa shape index (κ3) is 10.9. The van der Waals surface area contributed by atoms with E-state index in [2.05, 4.69) is 41.8 Å². The molecule has 59 heavy (non-hydrogen) atoms. The summed E-state index contributed by atoms with van der Waals surface area (Å²) in [6.07, 6.45) is 3.55. The third-order valence-corrected chi connectivity index (χ3v) is 13.4. The summed E-state index contributed by atoms with van der Waals surface area (Å²) < 4.78 is 35.9. The maximum atomic E-state index is 13.2. The molecule has 3 aromatic rings. The lowest BCUT2D eigenvalue weighted by Gasteiger charge is -2.50. The summed E-state index contributed by atoms with van der Waals surface area (Å²) in [5, 5.41) is 1.55. The number of quaternary nitrogens is 2. The first kappa shape index (κ1) is 45.4. The molecule has 3 aromatic carbocycles. The van der Waals surface area contributed by atoms with Gasteiger partial charge in [-0.25, -0.2) is 0 Å². The number of piperidine rings is 2. The minimum absolute atomic E-state index is 0.0299. The zero-order chi connectivity index (χ0) is 43.2. The van der Waals surface area contributed by atoms with Gasteiger partial charge < -0.3 is 37.4 Å². The largest absolute Gasteiger partial charge is 0.497 e. The van der Waals surface area contributed by atoms with Gasteiger partial charge in [-0.3, -0.25) is 19.2 Å². The molecule has 0 spiro atoms. The van der Waals surface area contributed by atoms with Crippen LogP contribution in [0.15, 0.2) is 48.5 Å². The van der Waals surface area contributed by atoms with Crippen molar-refractivity contribution in [2.45, 2.75) is 143 Å². The SMILES string of the molecule is COc1ccc(OC)c(C[N+]2(C)C(C)CC(OC(=O)CC(C)CCC(=O)OC3CC(C)[N+](C)(Cc4cc5cccc(OC(C)=O)c5cc4OC(C)=O)C(C)C3)CC2C)c1. The van der Waals surface area contributed by atoms with Crippen LogP contribution in [0, 0.1) is 5.92 Å². The van der Waals surface area contributed by atoms with Crippen LogP contribution in [-0.2, 0) is 41.7 Å². The summed E-state index contributed by atoms with van der Waals surface area (Å²) in [6, 6.07) is 15.9. The Morgan fingerprint density at radius 2 is 1.19 bits per heavy atom. The van der Waals surface area contributed by atoms with Gasteiger partial charge in [0.1, 0.15) is 48.3 Å². The fourth-order valence-electron chi connectivity index (χ4n) is 9.27. The maximum absolute atomic E-state index is 13.2. The van der Waals surface area contributed by atoms with Crippen LogP contribution in [0.5, 0.6) is 23.0 Å². The van der Waals surface area contributed by atoms with Gasteiger partial charge in [0.15, 0.2) is 0 Å². The topological polar surface area (TPSA) is 124 Å². The molecule has 0 amide bonds. The molecule has 2 aliphatic rings. The molecule has 0 N–H and O–H groups in total. The van der Waals surface area contributed by atoms with E-state index < -0.39 is 11.9 Å². The molecular formula is C47H66N2O10+2. The van der Waals surface area contributed by atoms with Gasteiger partial charge in [0.2, 0.25) is 0 Å². The lowest BCUT2D eigenvalue weighted by atomic mass is 9.90. The smallest absolute Gasteiger partial charge is 0.308 e. The Labute approximate surface area is 350 Å². The molecule has 322 valence electrons. The summed E-state index contributed by atoms with van der Waals surface area (Å²) in [5.74, 6) is 1.11. The zero-order valence-corrected chi connectivity index (χ0v) is 37.0. The average Bonchev–Trinajstić information content (AvgIpc) is 3.15. The first-order valence-electron chi connectivity index (χ1n) is 21.1. The normalized spacial score (nSPS) is 27.3. The van der Waals surface area contributed by atoms with Crippen LogP contribution in [0.25, 0.3) is 10.8 Å². The number of likely N-dealkylation sites (tertiary alicyclic amines) is 2. The minimum atomic E-state index is -0.435. The molecule has 2 fully saturated rings. The molecule has 12 nitrogen and oxygen atoms in total. The first-order valence-corrected chi connectivity index (χ1v) is 21.1. The Balaban J connectivity index is 1.11. The molecule has 0 radical (unpaired) electrons. The standard InChI is InChI=1S/C47H66N2O10/c1-29(19-47(53)59-41-22-32(4)49(9,33(5)23-41)28-38-25-39(54-10)16-17-43(38)55-11)15-18-46(52)58-40-20-30(2)48(8,31(3)21-40)27-37-24-36-13-12-14-44(56-34(6)50)42(36)26-45(37)57-35(7)51/h12-14,16-17,24-26,29-33,40-41H,15,18-23,27-28H2,1-11H3/q+2. The van der Waals surface area contributed by atoms with Crippen LogP contribution in [0.3, 0.4) is 0 Å². The lowest BCUT2D eigenvalue weighted by molar-refractivity contribution is -0.971. The van der Waals surface area contributed by atoms with Crippen molar-refractivity contribution < 1.29 is 56.6 Å². The highest BCUT2D eigenvalue weighted by Gasteiger charge is 2.45. The van der Waals surface area contributed by atoms with E-state index in [-0.39, 0.29) is 67.1 Å². The van der Waals surface area contributed by atoms with Crippen molar-refractivity contribution in [3.63, 3.8) is 0 Å². The van der Waals surface area contributed by atoms with E-state index >= 15 is 0 Å². The molecule has 2 aliphatic heterocycles. The molecule has 2 heterocycles. The van der Waals surface area contributed by atoms with E-state index in [0.717, 1.165) is 51.9 Å². The van der Waals surface area contributed by atoms with Crippen LogP contribution in [0.4, 0.5) is 0 Å². The van der Waals surface area contributed by atoms with Gasteiger partial charge in [-0.05, 0) is 81.8 Å². The predicted molar refractivity (Wildman–Crippen MR) is 225 cm³/mol. The molecule has 0 aromatic heterocycles. The van der Waals surface area contributed by atoms with Crippen molar-refractivity contribution in [1.82, 2.24) is 0 Å². The number of benzene rings is 3. The molecule has 0 aliphatic carbocycles. The predicted octanol–water partition coefficient (Wildman–Crippen LogP) is 8.07. The van der Waals surface area contributed by atoms with E-state index in [1.165, 1.54) is 13.8 Å². The second-order valence-electron chi connectivity index (χ2n) is 17.7. The van der Waals surface area contributed by atoms with Gasteiger partial charge in [0.05, 0.1) is 58.0 Å². The molecular weight excluding hydrogens is 753 g/mol. The second kappa shape index (κ2) is 19.1. The van der Waals surface area contributed by atoms with E-state index in [1.807, 2.05) is 43.3 Å². The third-order valence-electron chi connectivity index (χ3n) is 13.4. The van der Waals surface area contributed by atoms with E-state index in [9.17, 15) is 19.2 Å². The number of methoxy groups -OCH3 is 2. The Morgan fingerprint density at radius 1 is 0.661 bits per heavy atom. The highest BCUT2D eigenvalue weighted by atomic mass is 16.6. The fourth-order valence-corrected chi connectivity index (χ4v) is 9.27. The Hall–Kier alpha value is -4.68. The highest BCUT2D eigenvalue weighted by molar-refractivity contribution is 5.92. The van der Waals surface area contributed by atoms with E-state index in [0.29, 0.717) is 47.2 Å². The Morgan fingerprint density at radius 3 is 1.71 bits per heavy atom. The minimum Gasteiger partial charge on any atom is -0.497 e. The summed E-state index contributed by atoms with van der Waals surface area (Å²) in [5.41, 5.74) is 1.96. The molecule has 12 heteroatoms. The zero-order valence-electron chi connectivity index (χ0n) is 37.0. The monoisotopic (exact) mass is 818 g/mol. The maximum Gasteiger partial charge on any atom is 0.308 e. The van der Waals surface area contributed by atoms with Crippen LogP contribution >= 0.6 is 0 Å². The number of hydrogen-bond acceptors (Lipinski definition) is 10. The fraction of sp³-hybridized carbons (Fsp3) is 0.574. The number of fused-ring (bicyclic) bond motifs is 1. The van der Waals surface area contributed by atoms with Gasteiger partial charge in [0.25, 0.3) is 0 Å². The van der Waals surface area contributed by atoms with Crippen molar-refractivity contribution >= 4 is 34.6 Å². The first-order chi connectivity index (χ1) is 27.8. The number of nitrogens with zero attached hydrogens (tertiary/aromatic N) is 2. The van der Waals surface area contributed by atoms with Crippen molar-refractivity contribution in [3.05, 3.63) is 59.7 Å². The van der Waals surface area contributed by atoms with Gasteiger partial charge in [-0.1, -0.05) is 19.1 Å². The molecule has 0 bridgehead atoms.